The number of hydrogen-bond donors (Lipinski definition) is 3. The SMILES string of the molecule is CC(C)CCCCCCCCCCCCCCCCCC(=O)OC[C@H](COP(=O)(O)OCC(O)COP(=O)(O)OC[C@@H](COC(=O)CCCCCCCCCCC(C)C)OC(=O)CCCCCCCCCCCCC(C)C)OC(=O)CCCCCCCCCCCC(C)C. The highest BCUT2D eigenvalue weighted by Crippen LogP contribution is 2.45. The van der Waals surface area contributed by atoms with E-state index in [4.69, 9.17) is 37.0 Å². The summed E-state index contributed by atoms with van der Waals surface area (Å²) < 4.78 is 68.5. The Bertz CT molecular complexity index is 1850. The molecule has 0 amide bonds. The van der Waals surface area contributed by atoms with Crippen LogP contribution >= 0.6 is 15.6 Å². The minimum Gasteiger partial charge on any atom is -0.462 e. The molecule has 0 saturated carbocycles. The molecule has 0 rings (SSSR count). The molecule has 0 saturated heterocycles. The minimum atomic E-state index is -4.96. The van der Waals surface area contributed by atoms with Gasteiger partial charge in [0.2, 0.25) is 0 Å². The Kier molecular flexibility index (Phi) is 63.1. The van der Waals surface area contributed by atoms with Gasteiger partial charge in [-0.15, -0.1) is 0 Å². The Hall–Kier alpha value is -1.94. The van der Waals surface area contributed by atoms with Gasteiger partial charge in [-0.1, -0.05) is 325 Å². The van der Waals surface area contributed by atoms with Crippen LogP contribution in [0.2, 0.25) is 0 Å². The summed E-state index contributed by atoms with van der Waals surface area (Å²) in [5.41, 5.74) is 0. The molecule has 17 nitrogen and oxygen atoms in total. The van der Waals surface area contributed by atoms with Gasteiger partial charge in [0.15, 0.2) is 12.2 Å². The number of carbonyl (C=O) groups excluding carboxylic acids is 4. The van der Waals surface area contributed by atoms with E-state index in [2.05, 4.69) is 55.4 Å². The first kappa shape index (κ1) is 92.1. The van der Waals surface area contributed by atoms with Crippen LogP contribution in [-0.2, 0) is 65.4 Å². The van der Waals surface area contributed by atoms with Crippen LogP contribution in [0.1, 0.15) is 376 Å². The monoisotopic (exact) mass is 1380 g/mol. The number of carbonyl (C=O) groups is 4. The summed E-state index contributed by atoms with van der Waals surface area (Å²) in [6.45, 7) is 14.2. The molecule has 0 aromatic heterocycles. The predicted octanol–water partition coefficient (Wildman–Crippen LogP) is 21.7. The standard InChI is InChI=1S/C75H146O17P2/c1-65(2)51-43-35-27-19-14-12-10-9-11-13-15-22-31-39-47-55-72(77)85-61-70(92-75(80)58-50-42-34-24-18-21-29-37-45-53-67(5)6)63-89-93(81,82)87-59-69(76)60-88-94(83,84)90-64-71(62-86-73(78)56-48-40-32-26-25-30-38-46-54-68(7)8)91-74(79)57-49-41-33-23-17-16-20-28-36-44-52-66(3)4/h65-71,76H,9-64H2,1-8H3,(H,81,82)(H,83,84)/t69?,70-,71-/m1/s1. The maximum absolute atomic E-state index is 13.1. The zero-order valence-corrected chi connectivity index (χ0v) is 63.4. The van der Waals surface area contributed by atoms with Crippen LogP contribution in [0, 0.1) is 23.7 Å². The van der Waals surface area contributed by atoms with Gasteiger partial charge in [0.05, 0.1) is 26.4 Å². The van der Waals surface area contributed by atoms with Crippen LogP contribution in [0.4, 0.5) is 0 Å². The number of esters is 4. The molecule has 0 aromatic rings. The molecule has 0 bridgehead atoms. The molecule has 0 fully saturated rings. The van der Waals surface area contributed by atoms with Crippen LogP contribution in [0.3, 0.4) is 0 Å². The Morgan fingerprint density at radius 3 is 0.660 bits per heavy atom. The fourth-order valence-electron chi connectivity index (χ4n) is 11.4. The normalized spacial score (nSPS) is 14.2. The fourth-order valence-corrected chi connectivity index (χ4v) is 13.0. The van der Waals surface area contributed by atoms with Crippen molar-refractivity contribution in [2.45, 2.75) is 395 Å². The third-order valence-electron chi connectivity index (χ3n) is 17.3. The quantitative estimate of drug-likeness (QED) is 0.0222. The van der Waals surface area contributed by atoms with Crippen molar-refractivity contribution in [2.24, 2.45) is 23.7 Å². The third kappa shape index (κ3) is 68.6. The number of phosphoric acid groups is 2. The summed E-state index contributed by atoms with van der Waals surface area (Å²) in [5, 5.41) is 10.6. The Balaban J connectivity index is 5.23. The van der Waals surface area contributed by atoms with Crippen molar-refractivity contribution in [3.05, 3.63) is 0 Å². The molecule has 5 atom stereocenters. The van der Waals surface area contributed by atoms with Gasteiger partial charge in [-0.2, -0.15) is 0 Å². The Morgan fingerprint density at radius 2 is 0.447 bits per heavy atom. The lowest BCUT2D eigenvalue weighted by atomic mass is 10.0. The molecule has 558 valence electrons. The molecule has 0 spiro atoms. The molecule has 19 heteroatoms. The third-order valence-corrected chi connectivity index (χ3v) is 19.2. The highest BCUT2D eigenvalue weighted by atomic mass is 31.2. The van der Waals surface area contributed by atoms with Crippen molar-refractivity contribution < 1.29 is 80.2 Å². The second-order valence-corrected chi connectivity index (χ2v) is 31.9. The van der Waals surface area contributed by atoms with Crippen molar-refractivity contribution >= 4 is 39.5 Å². The molecular weight excluding hydrogens is 1230 g/mol. The van der Waals surface area contributed by atoms with Crippen LogP contribution in [0.25, 0.3) is 0 Å². The topological polar surface area (TPSA) is 237 Å². The lowest BCUT2D eigenvalue weighted by molar-refractivity contribution is -0.161. The van der Waals surface area contributed by atoms with Crippen LogP contribution in [-0.4, -0.2) is 96.7 Å². The number of rotatable bonds is 72. The summed E-state index contributed by atoms with van der Waals surface area (Å²) >= 11 is 0. The fraction of sp³-hybridized carbons (Fsp3) is 0.947. The molecule has 0 aromatic carbocycles. The van der Waals surface area contributed by atoms with Gasteiger partial charge >= 0.3 is 39.5 Å². The first-order chi connectivity index (χ1) is 45.1. The van der Waals surface area contributed by atoms with Gasteiger partial charge in [0, 0.05) is 25.7 Å². The van der Waals surface area contributed by atoms with E-state index in [-0.39, 0.29) is 25.7 Å². The van der Waals surface area contributed by atoms with Crippen LogP contribution in [0.15, 0.2) is 0 Å². The van der Waals surface area contributed by atoms with E-state index < -0.39 is 97.5 Å². The predicted molar refractivity (Wildman–Crippen MR) is 381 cm³/mol. The molecule has 94 heavy (non-hydrogen) atoms. The highest BCUT2D eigenvalue weighted by molar-refractivity contribution is 7.47. The second-order valence-electron chi connectivity index (χ2n) is 28.9. The molecule has 0 aliphatic rings. The first-order valence-electron chi connectivity index (χ1n) is 38.7. The molecule has 3 N–H and O–H groups in total. The van der Waals surface area contributed by atoms with Gasteiger partial charge in [0.1, 0.15) is 19.3 Å². The summed E-state index contributed by atoms with van der Waals surface area (Å²) in [4.78, 5) is 72.8. The van der Waals surface area contributed by atoms with Crippen LogP contribution in [0.5, 0.6) is 0 Å². The van der Waals surface area contributed by atoms with Crippen molar-refractivity contribution in [3.63, 3.8) is 0 Å². The van der Waals surface area contributed by atoms with Crippen LogP contribution < -0.4 is 0 Å². The van der Waals surface area contributed by atoms with E-state index in [0.717, 1.165) is 114 Å². The van der Waals surface area contributed by atoms with Crippen molar-refractivity contribution in [1.29, 1.82) is 0 Å². The average Bonchev–Trinajstić information content (AvgIpc) is 1.98. The smallest absolute Gasteiger partial charge is 0.462 e. The average molecular weight is 1380 g/mol. The molecule has 0 aliphatic carbocycles. The number of hydrogen-bond acceptors (Lipinski definition) is 15. The number of phosphoric ester groups is 2. The molecule has 0 radical (unpaired) electrons. The van der Waals surface area contributed by atoms with Gasteiger partial charge in [-0.3, -0.25) is 37.3 Å². The zero-order chi connectivity index (χ0) is 69.6. The van der Waals surface area contributed by atoms with E-state index in [1.165, 1.54) is 180 Å². The van der Waals surface area contributed by atoms with Gasteiger partial charge in [0.25, 0.3) is 0 Å². The van der Waals surface area contributed by atoms with E-state index in [0.29, 0.717) is 25.7 Å². The summed E-state index contributed by atoms with van der Waals surface area (Å²) in [6, 6.07) is 0. The maximum atomic E-state index is 13.1. The van der Waals surface area contributed by atoms with Gasteiger partial charge in [-0.05, 0) is 49.4 Å². The van der Waals surface area contributed by atoms with E-state index in [1.807, 2.05) is 0 Å². The summed E-state index contributed by atoms with van der Waals surface area (Å²) in [6.07, 6.45) is 48.6. The lowest BCUT2D eigenvalue weighted by Crippen LogP contribution is -2.30. The Morgan fingerprint density at radius 1 is 0.266 bits per heavy atom. The van der Waals surface area contributed by atoms with Gasteiger partial charge in [-0.25, -0.2) is 9.13 Å². The first-order valence-corrected chi connectivity index (χ1v) is 41.7. The van der Waals surface area contributed by atoms with E-state index in [1.54, 1.807) is 0 Å². The molecule has 0 heterocycles. The number of ether oxygens (including phenoxy) is 4. The van der Waals surface area contributed by atoms with Crippen molar-refractivity contribution in [1.82, 2.24) is 0 Å². The number of unbranched alkanes of at least 4 members (excludes halogenated alkanes) is 38. The second kappa shape index (κ2) is 64.4. The Labute approximate surface area is 575 Å². The molecule has 0 aliphatic heterocycles. The summed E-state index contributed by atoms with van der Waals surface area (Å²) in [5.74, 6) is 0.898. The number of aliphatic hydroxyl groups is 1. The molecule has 3 unspecified atom stereocenters. The highest BCUT2D eigenvalue weighted by Gasteiger charge is 2.30. The zero-order valence-electron chi connectivity index (χ0n) is 61.6. The van der Waals surface area contributed by atoms with E-state index >= 15 is 0 Å². The number of aliphatic hydroxyl groups excluding tert-OH is 1. The maximum Gasteiger partial charge on any atom is 0.472 e. The van der Waals surface area contributed by atoms with Crippen molar-refractivity contribution in [2.75, 3.05) is 39.6 Å². The largest absolute Gasteiger partial charge is 0.472 e. The summed E-state index contributed by atoms with van der Waals surface area (Å²) in [7, 11) is -9.91. The van der Waals surface area contributed by atoms with E-state index in [9.17, 15) is 43.2 Å². The molecular formula is C75H146O17P2. The lowest BCUT2D eigenvalue weighted by Gasteiger charge is -2.21. The van der Waals surface area contributed by atoms with Gasteiger partial charge < -0.3 is 33.8 Å². The van der Waals surface area contributed by atoms with Crippen molar-refractivity contribution in [3.8, 4) is 0 Å². The minimum absolute atomic E-state index is 0.105.